The lowest BCUT2D eigenvalue weighted by Crippen LogP contribution is -2.18. The molecule has 0 amide bonds. The molecule has 112 valence electrons. The topological polar surface area (TPSA) is 72.1 Å². The van der Waals surface area contributed by atoms with E-state index in [1.54, 1.807) is 0 Å². The van der Waals surface area contributed by atoms with Crippen molar-refractivity contribution in [3.63, 3.8) is 0 Å². The van der Waals surface area contributed by atoms with Crippen LogP contribution in [0.25, 0.3) is 0 Å². The number of aryl methyl sites for hydroxylation is 1. The van der Waals surface area contributed by atoms with Crippen molar-refractivity contribution < 1.29 is 9.47 Å². The Kier molecular flexibility index (Phi) is 4.57. The largest absolute Gasteiger partial charge is 0.486 e. The summed E-state index contributed by atoms with van der Waals surface area (Å²) in [6, 6.07) is 3.89. The summed E-state index contributed by atoms with van der Waals surface area (Å²) in [6.45, 7) is 2.75. The number of ether oxygens (including phenoxy) is 2. The maximum Gasteiger partial charge on any atom is 0.179 e. The molecule has 0 spiro atoms. The van der Waals surface area contributed by atoms with E-state index in [-0.39, 0.29) is 0 Å². The van der Waals surface area contributed by atoms with Crippen LogP contribution in [-0.2, 0) is 13.0 Å². The van der Waals surface area contributed by atoms with Gasteiger partial charge in [-0.1, -0.05) is 11.6 Å². The number of aromatic nitrogens is 3. The average molecular weight is 309 g/mol. The van der Waals surface area contributed by atoms with Crippen LogP contribution in [0.2, 0.25) is 5.02 Å². The predicted molar refractivity (Wildman–Crippen MR) is 78.9 cm³/mol. The van der Waals surface area contributed by atoms with E-state index in [9.17, 15) is 0 Å². The summed E-state index contributed by atoms with van der Waals surface area (Å²) in [6.07, 6.45) is 3.41. The van der Waals surface area contributed by atoms with Crippen molar-refractivity contribution in [1.82, 2.24) is 20.5 Å². The van der Waals surface area contributed by atoms with Gasteiger partial charge >= 0.3 is 0 Å². The van der Waals surface area contributed by atoms with Crippen LogP contribution in [0.5, 0.6) is 11.5 Å². The number of hydrogen-bond acceptors (Lipinski definition) is 5. The maximum atomic E-state index is 6.20. The van der Waals surface area contributed by atoms with Gasteiger partial charge in [0.05, 0.1) is 5.02 Å². The fourth-order valence-electron chi connectivity index (χ4n) is 2.23. The molecular weight excluding hydrogens is 292 g/mol. The van der Waals surface area contributed by atoms with Gasteiger partial charge in [-0.25, -0.2) is 4.98 Å². The van der Waals surface area contributed by atoms with E-state index in [0.717, 1.165) is 43.1 Å². The number of hydrogen-bond donors (Lipinski definition) is 2. The number of fused-ring (bicyclic) bond motifs is 1. The Balaban J connectivity index is 1.48. The molecule has 2 N–H and O–H groups in total. The predicted octanol–water partition coefficient (Wildman–Crippen LogP) is 1.95. The van der Waals surface area contributed by atoms with Crippen LogP contribution < -0.4 is 14.8 Å². The number of nitrogens with one attached hydrogen (secondary N) is 2. The summed E-state index contributed by atoms with van der Waals surface area (Å²) >= 11 is 6.20. The second kappa shape index (κ2) is 6.78. The first-order chi connectivity index (χ1) is 10.3. The monoisotopic (exact) mass is 308 g/mol. The Morgan fingerprint density at radius 3 is 3.05 bits per heavy atom. The minimum Gasteiger partial charge on any atom is -0.486 e. The number of benzene rings is 1. The molecular formula is C14H17ClN4O2. The van der Waals surface area contributed by atoms with Crippen LogP contribution >= 0.6 is 11.6 Å². The first-order valence-electron chi connectivity index (χ1n) is 6.96. The molecule has 0 saturated carbocycles. The summed E-state index contributed by atoms with van der Waals surface area (Å²) in [5.74, 6) is 2.29. The van der Waals surface area contributed by atoms with Crippen molar-refractivity contribution >= 4 is 11.6 Å². The normalized spacial score (nSPS) is 13.4. The van der Waals surface area contributed by atoms with Crippen LogP contribution in [0.3, 0.4) is 0 Å². The standard InChI is InChI=1S/C14H17ClN4O2/c15-11-6-10(7-12-14(11)21-5-4-20-12)8-16-3-1-2-13-17-9-18-19-13/h6-7,9,16H,1-5,8H2,(H,17,18,19). The van der Waals surface area contributed by atoms with Gasteiger partial charge in [-0.15, -0.1) is 0 Å². The van der Waals surface area contributed by atoms with Gasteiger partial charge in [0, 0.05) is 13.0 Å². The van der Waals surface area contributed by atoms with Gasteiger partial charge in [0.15, 0.2) is 11.5 Å². The molecule has 1 aromatic heterocycles. The Labute approximate surface area is 127 Å². The third-order valence-corrected chi connectivity index (χ3v) is 3.50. The highest BCUT2D eigenvalue weighted by Crippen LogP contribution is 2.38. The number of rotatable bonds is 6. The fourth-order valence-corrected chi connectivity index (χ4v) is 2.52. The van der Waals surface area contributed by atoms with Gasteiger partial charge in [0.25, 0.3) is 0 Å². The molecule has 0 saturated heterocycles. The van der Waals surface area contributed by atoms with Gasteiger partial charge in [-0.05, 0) is 30.7 Å². The highest BCUT2D eigenvalue weighted by atomic mass is 35.5. The third-order valence-electron chi connectivity index (χ3n) is 3.22. The van der Waals surface area contributed by atoms with E-state index in [2.05, 4.69) is 20.5 Å². The molecule has 3 rings (SSSR count). The lowest BCUT2D eigenvalue weighted by molar-refractivity contribution is 0.171. The highest BCUT2D eigenvalue weighted by molar-refractivity contribution is 6.32. The lowest BCUT2D eigenvalue weighted by atomic mass is 10.2. The second-order valence-electron chi connectivity index (χ2n) is 4.81. The fraction of sp³-hybridized carbons (Fsp3) is 0.429. The second-order valence-corrected chi connectivity index (χ2v) is 5.22. The Hall–Kier alpha value is -1.79. The van der Waals surface area contributed by atoms with Crippen LogP contribution in [0, 0.1) is 0 Å². The number of halogens is 1. The van der Waals surface area contributed by atoms with Gasteiger partial charge in [0.1, 0.15) is 25.4 Å². The van der Waals surface area contributed by atoms with Crippen LogP contribution in [0.4, 0.5) is 0 Å². The molecule has 0 unspecified atom stereocenters. The van der Waals surface area contributed by atoms with E-state index in [1.807, 2.05) is 12.1 Å². The summed E-state index contributed by atoms with van der Waals surface area (Å²) in [5.41, 5.74) is 1.09. The number of H-pyrrole nitrogens is 1. The Morgan fingerprint density at radius 2 is 2.19 bits per heavy atom. The first-order valence-corrected chi connectivity index (χ1v) is 7.34. The van der Waals surface area contributed by atoms with Crippen LogP contribution in [0.15, 0.2) is 18.5 Å². The van der Waals surface area contributed by atoms with Gasteiger partial charge in [0.2, 0.25) is 0 Å². The molecule has 1 aromatic carbocycles. The van der Waals surface area contributed by atoms with Crippen LogP contribution in [0.1, 0.15) is 17.8 Å². The summed E-state index contributed by atoms with van der Waals surface area (Å²) in [4.78, 5) is 4.09. The van der Waals surface area contributed by atoms with E-state index in [1.165, 1.54) is 6.33 Å². The molecule has 0 aliphatic carbocycles. The number of aromatic amines is 1. The van der Waals surface area contributed by atoms with Crippen molar-refractivity contribution in [2.24, 2.45) is 0 Å². The van der Waals surface area contributed by atoms with Crippen molar-refractivity contribution in [1.29, 1.82) is 0 Å². The molecule has 0 radical (unpaired) electrons. The van der Waals surface area contributed by atoms with E-state index >= 15 is 0 Å². The molecule has 0 atom stereocenters. The first kappa shape index (κ1) is 14.2. The number of nitrogens with zero attached hydrogens (tertiary/aromatic N) is 2. The summed E-state index contributed by atoms with van der Waals surface area (Å²) in [5, 5.41) is 10.7. The van der Waals surface area contributed by atoms with Crippen molar-refractivity contribution in [3.05, 3.63) is 34.9 Å². The van der Waals surface area contributed by atoms with Crippen molar-refractivity contribution in [2.75, 3.05) is 19.8 Å². The molecule has 1 aliphatic heterocycles. The highest BCUT2D eigenvalue weighted by Gasteiger charge is 2.16. The van der Waals surface area contributed by atoms with Crippen molar-refractivity contribution in [3.8, 4) is 11.5 Å². The average Bonchev–Trinajstić information content (AvgIpc) is 3.00. The van der Waals surface area contributed by atoms with Gasteiger partial charge in [-0.2, -0.15) is 5.10 Å². The quantitative estimate of drug-likeness (QED) is 0.798. The zero-order valence-electron chi connectivity index (χ0n) is 11.6. The van der Waals surface area contributed by atoms with Gasteiger partial charge in [-0.3, -0.25) is 5.10 Å². The maximum absolute atomic E-state index is 6.20. The summed E-state index contributed by atoms with van der Waals surface area (Å²) in [7, 11) is 0. The zero-order valence-corrected chi connectivity index (χ0v) is 12.3. The molecule has 2 heterocycles. The van der Waals surface area contributed by atoms with Gasteiger partial charge < -0.3 is 14.8 Å². The molecule has 21 heavy (non-hydrogen) atoms. The van der Waals surface area contributed by atoms with E-state index in [4.69, 9.17) is 21.1 Å². The third kappa shape index (κ3) is 3.65. The minimum absolute atomic E-state index is 0.548. The van der Waals surface area contributed by atoms with E-state index in [0.29, 0.717) is 24.0 Å². The lowest BCUT2D eigenvalue weighted by Gasteiger charge is -2.20. The van der Waals surface area contributed by atoms with E-state index < -0.39 is 0 Å². The molecule has 0 bridgehead atoms. The van der Waals surface area contributed by atoms with Crippen molar-refractivity contribution in [2.45, 2.75) is 19.4 Å². The minimum atomic E-state index is 0.548. The molecule has 7 heteroatoms. The smallest absolute Gasteiger partial charge is 0.179 e. The SMILES string of the molecule is Clc1cc(CNCCCc2ncn[nH]2)cc2c1OCCO2. The Bertz CT molecular complexity index is 589. The molecule has 1 aliphatic rings. The zero-order chi connectivity index (χ0) is 14.5. The Morgan fingerprint density at radius 1 is 1.29 bits per heavy atom. The molecule has 2 aromatic rings. The molecule has 6 nitrogen and oxygen atoms in total. The van der Waals surface area contributed by atoms with Crippen LogP contribution in [-0.4, -0.2) is 34.9 Å². The summed E-state index contributed by atoms with van der Waals surface area (Å²) < 4.78 is 11.1. The molecule has 0 fully saturated rings.